The molecule has 2 unspecified atom stereocenters. The number of methoxy groups -OCH3 is 2. The van der Waals surface area contributed by atoms with Crippen molar-refractivity contribution in [2.75, 3.05) is 20.0 Å². The lowest BCUT2D eigenvalue weighted by atomic mass is 10.1. The molecule has 6 aromatic rings. The number of ether oxygens (including phenoxy) is 3. The fourth-order valence-corrected chi connectivity index (χ4v) is 7.00. The number of rotatable bonds is 14. The maximum Gasteiger partial charge on any atom is 0.343 e. The van der Waals surface area contributed by atoms with Gasteiger partial charge >= 0.3 is 5.16 Å². The zero-order chi connectivity index (χ0) is 33.3. The van der Waals surface area contributed by atoms with Gasteiger partial charge in [-0.05, 0) is 52.4 Å². The van der Waals surface area contributed by atoms with E-state index >= 15 is 0 Å². The molecule has 244 valence electrons. The molecule has 10 heteroatoms. The van der Waals surface area contributed by atoms with Crippen LogP contribution in [-0.4, -0.2) is 39.1 Å². The second-order valence-electron chi connectivity index (χ2n) is 11.0. The topological polar surface area (TPSA) is 98.5 Å². The molecule has 0 radical (unpaired) electrons. The smallest absolute Gasteiger partial charge is 0.343 e. The summed E-state index contributed by atoms with van der Waals surface area (Å²) in [5.74, 6) is 1.51. The SMILES string of the molecule is COc1ccc(Cn2cc(-c3cc(-c4cccs4)nc([S+]([O-])CCC(OCc4ccccc4)c4ccccc4)n3)ccc2=O)cc1OC. The normalized spacial score (nSPS) is 12.4. The van der Waals surface area contributed by atoms with E-state index in [1.165, 1.54) is 6.07 Å². The maximum atomic E-state index is 13.9. The Morgan fingerprint density at radius 1 is 0.812 bits per heavy atom. The van der Waals surface area contributed by atoms with Crippen molar-refractivity contribution < 1.29 is 18.8 Å². The summed E-state index contributed by atoms with van der Waals surface area (Å²) in [6.45, 7) is 0.763. The molecule has 3 aromatic heterocycles. The molecular formula is C38H35N3O5S2. The van der Waals surface area contributed by atoms with E-state index < -0.39 is 11.2 Å². The van der Waals surface area contributed by atoms with Gasteiger partial charge in [-0.15, -0.1) is 11.3 Å². The predicted molar refractivity (Wildman–Crippen MR) is 190 cm³/mol. The number of hydrogen-bond donors (Lipinski definition) is 0. The average molecular weight is 678 g/mol. The molecule has 0 aliphatic heterocycles. The lowest BCUT2D eigenvalue weighted by Crippen LogP contribution is -2.19. The first-order valence-electron chi connectivity index (χ1n) is 15.4. The zero-order valence-electron chi connectivity index (χ0n) is 26.7. The summed E-state index contributed by atoms with van der Waals surface area (Å²) in [4.78, 5) is 23.4. The number of thiophene rings is 1. The van der Waals surface area contributed by atoms with Crippen LogP contribution < -0.4 is 15.0 Å². The Morgan fingerprint density at radius 2 is 1.56 bits per heavy atom. The first-order chi connectivity index (χ1) is 23.5. The van der Waals surface area contributed by atoms with Crippen LogP contribution in [0.15, 0.2) is 131 Å². The first-order valence-corrected chi connectivity index (χ1v) is 17.6. The Morgan fingerprint density at radius 3 is 2.29 bits per heavy atom. The van der Waals surface area contributed by atoms with Gasteiger partial charge in [0.15, 0.2) is 11.5 Å². The van der Waals surface area contributed by atoms with Crippen LogP contribution in [0.3, 0.4) is 0 Å². The lowest BCUT2D eigenvalue weighted by molar-refractivity contribution is 0.0376. The van der Waals surface area contributed by atoms with Crippen molar-refractivity contribution in [1.82, 2.24) is 14.5 Å². The molecule has 3 heterocycles. The number of aromatic nitrogens is 3. The summed E-state index contributed by atoms with van der Waals surface area (Å²) in [7, 11) is 3.16. The molecule has 2 atom stereocenters. The van der Waals surface area contributed by atoms with E-state index in [-0.39, 0.29) is 16.8 Å². The summed E-state index contributed by atoms with van der Waals surface area (Å²) in [5, 5.41) is 2.22. The van der Waals surface area contributed by atoms with Crippen LogP contribution in [0.4, 0.5) is 0 Å². The molecule has 0 spiro atoms. The third kappa shape index (κ3) is 8.21. The van der Waals surface area contributed by atoms with E-state index in [4.69, 9.17) is 24.2 Å². The molecule has 0 amide bonds. The predicted octanol–water partition coefficient (Wildman–Crippen LogP) is 7.56. The van der Waals surface area contributed by atoms with Crippen molar-refractivity contribution in [2.45, 2.75) is 30.8 Å². The number of pyridine rings is 1. The maximum absolute atomic E-state index is 13.9. The van der Waals surface area contributed by atoms with Gasteiger partial charge in [-0.3, -0.25) is 4.79 Å². The molecule has 48 heavy (non-hydrogen) atoms. The van der Waals surface area contributed by atoms with Gasteiger partial charge < -0.3 is 23.3 Å². The number of nitrogens with zero attached hydrogens (tertiary/aromatic N) is 3. The summed E-state index contributed by atoms with van der Waals surface area (Å²) in [6, 6.07) is 34.6. The van der Waals surface area contributed by atoms with Crippen LogP contribution >= 0.6 is 11.3 Å². The highest BCUT2D eigenvalue weighted by atomic mass is 32.2. The lowest BCUT2D eigenvalue weighted by Gasteiger charge is -2.19. The summed E-state index contributed by atoms with van der Waals surface area (Å²) >= 11 is 0.0257. The van der Waals surface area contributed by atoms with Gasteiger partial charge in [-0.1, -0.05) is 72.8 Å². The minimum absolute atomic E-state index is 0.160. The third-order valence-corrected chi connectivity index (χ3v) is 9.88. The van der Waals surface area contributed by atoms with Crippen molar-refractivity contribution in [3.63, 3.8) is 0 Å². The van der Waals surface area contributed by atoms with Crippen LogP contribution in [0.1, 0.15) is 29.2 Å². The minimum atomic E-state index is -1.52. The number of hydrogen-bond acceptors (Lipinski definition) is 8. The van der Waals surface area contributed by atoms with Gasteiger partial charge in [0.1, 0.15) is 5.75 Å². The van der Waals surface area contributed by atoms with Gasteiger partial charge in [0.05, 0.1) is 49.7 Å². The van der Waals surface area contributed by atoms with Gasteiger partial charge in [0, 0.05) is 35.4 Å². The van der Waals surface area contributed by atoms with Gasteiger partial charge in [0.2, 0.25) is 0 Å². The Hall–Kier alpha value is -4.74. The fourth-order valence-electron chi connectivity index (χ4n) is 5.30. The molecule has 0 fully saturated rings. The Labute approximate surface area is 286 Å². The van der Waals surface area contributed by atoms with Crippen LogP contribution in [0.2, 0.25) is 0 Å². The molecule has 0 N–H and O–H groups in total. The molecule has 0 aliphatic carbocycles. The first kappa shape index (κ1) is 33.2. The number of benzene rings is 3. The van der Waals surface area contributed by atoms with Crippen molar-refractivity contribution in [1.29, 1.82) is 0 Å². The second kappa shape index (κ2) is 15.9. The molecule has 0 saturated carbocycles. The second-order valence-corrected chi connectivity index (χ2v) is 13.4. The largest absolute Gasteiger partial charge is 0.609 e. The standard InChI is InChI=1S/C38H35N3O5S2/c1-44-34-17-15-28(22-35(34)45-2)24-41-25-30(16-18-37(41)42)31-23-32(36-14-9-20-47-36)40-38(39-31)48(43)21-19-33(29-12-7-4-8-13-29)46-26-27-10-5-3-6-11-27/h3-18,20,22-23,25,33H,19,21,24,26H2,1-2H3. The molecule has 0 bridgehead atoms. The molecular weight excluding hydrogens is 643 g/mol. The molecule has 3 aromatic carbocycles. The quantitative estimate of drug-likeness (QED) is 0.0867. The summed E-state index contributed by atoms with van der Waals surface area (Å²) in [6.07, 6.45) is 2.03. The van der Waals surface area contributed by atoms with Crippen LogP contribution in [0.25, 0.3) is 21.8 Å². The highest BCUT2D eigenvalue weighted by Gasteiger charge is 2.23. The molecule has 0 aliphatic rings. The molecule has 6 rings (SSSR count). The Kier molecular flexibility index (Phi) is 11.0. The monoisotopic (exact) mass is 677 g/mol. The van der Waals surface area contributed by atoms with E-state index in [1.54, 1.807) is 42.4 Å². The van der Waals surface area contributed by atoms with Crippen molar-refractivity contribution >= 4 is 22.5 Å². The summed E-state index contributed by atoms with van der Waals surface area (Å²) in [5.41, 5.74) is 4.78. The van der Waals surface area contributed by atoms with E-state index in [2.05, 4.69) is 0 Å². The Balaban J connectivity index is 1.27. The average Bonchev–Trinajstić information content (AvgIpc) is 3.68. The van der Waals surface area contributed by atoms with E-state index in [0.717, 1.165) is 21.6 Å². The fraction of sp³-hybridized carbons (Fsp3) is 0.184. The van der Waals surface area contributed by atoms with E-state index in [1.807, 2.05) is 102 Å². The van der Waals surface area contributed by atoms with Crippen LogP contribution in [-0.2, 0) is 29.1 Å². The van der Waals surface area contributed by atoms with Gasteiger partial charge in [0.25, 0.3) is 5.56 Å². The van der Waals surface area contributed by atoms with Crippen molar-refractivity contribution in [2.24, 2.45) is 0 Å². The third-order valence-electron chi connectivity index (χ3n) is 7.79. The van der Waals surface area contributed by atoms with Crippen molar-refractivity contribution in [3.8, 4) is 33.3 Å². The minimum Gasteiger partial charge on any atom is -0.609 e. The van der Waals surface area contributed by atoms with Gasteiger partial charge in [-0.2, -0.15) is 9.97 Å². The zero-order valence-corrected chi connectivity index (χ0v) is 28.3. The molecule has 0 saturated heterocycles. The van der Waals surface area contributed by atoms with E-state index in [0.29, 0.717) is 53.8 Å². The molecule has 8 nitrogen and oxygen atoms in total. The highest BCUT2D eigenvalue weighted by molar-refractivity contribution is 7.91. The highest BCUT2D eigenvalue weighted by Crippen LogP contribution is 2.31. The van der Waals surface area contributed by atoms with Crippen molar-refractivity contribution in [3.05, 3.63) is 148 Å². The van der Waals surface area contributed by atoms with Crippen LogP contribution in [0.5, 0.6) is 11.5 Å². The van der Waals surface area contributed by atoms with E-state index in [9.17, 15) is 9.35 Å². The van der Waals surface area contributed by atoms with Gasteiger partial charge in [-0.25, -0.2) is 0 Å². The summed E-state index contributed by atoms with van der Waals surface area (Å²) < 4.78 is 32.7. The van der Waals surface area contributed by atoms with Crippen LogP contribution in [0, 0.1) is 0 Å². The Bertz CT molecular complexity index is 1990.